The van der Waals surface area contributed by atoms with Crippen LogP contribution in [0.15, 0.2) is 0 Å². The molecule has 104 valence electrons. The predicted octanol–water partition coefficient (Wildman–Crippen LogP) is 1.09. The van der Waals surface area contributed by atoms with E-state index in [9.17, 15) is 9.59 Å². The van der Waals surface area contributed by atoms with Gasteiger partial charge in [0.05, 0.1) is 5.41 Å². The second kappa shape index (κ2) is 6.18. The molecule has 2 N–H and O–H groups in total. The van der Waals surface area contributed by atoms with Crippen LogP contribution in [0.25, 0.3) is 0 Å². The Morgan fingerprint density at radius 2 is 1.94 bits per heavy atom. The Bertz CT molecular complexity index is 306. The predicted molar refractivity (Wildman–Crippen MR) is 69.3 cm³/mol. The highest BCUT2D eigenvalue weighted by Gasteiger charge is 2.42. The Labute approximate surface area is 109 Å². The van der Waals surface area contributed by atoms with E-state index in [2.05, 4.69) is 12.2 Å². The zero-order valence-electron chi connectivity index (χ0n) is 11.5. The molecule has 1 rings (SSSR count). The number of rotatable bonds is 5. The Morgan fingerprint density at radius 1 is 1.39 bits per heavy atom. The van der Waals surface area contributed by atoms with Gasteiger partial charge in [0.2, 0.25) is 5.91 Å². The minimum absolute atomic E-state index is 0.0132. The smallest absolute Gasteiger partial charge is 0.326 e. The van der Waals surface area contributed by atoms with E-state index >= 15 is 0 Å². The van der Waals surface area contributed by atoms with Crippen LogP contribution in [0.3, 0.4) is 0 Å². The molecule has 0 bridgehead atoms. The molecule has 1 atom stereocenters. The summed E-state index contributed by atoms with van der Waals surface area (Å²) in [5.41, 5.74) is -0.363. The van der Waals surface area contributed by atoms with Crippen molar-refractivity contribution in [2.75, 3.05) is 20.1 Å². The lowest BCUT2D eigenvalue weighted by Crippen LogP contribution is -2.52. The summed E-state index contributed by atoms with van der Waals surface area (Å²) in [6.45, 7) is 5.29. The number of carboxylic acid groups (broad SMARTS) is 1. The van der Waals surface area contributed by atoms with Crippen molar-refractivity contribution in [3.63, 3.8) is 0 Å². The van der Waals surface area contributed by atoms with Crippen LogP contribution >= 0.6 is 0 Å². The van der Waals surface area contributed by atoms with Crippen LogP contribution in [-0.4, -0.2) is 48.1 Å². The van der Waals surface area contributed by atoms with Crippen molar-refractivity contribution in [3.05, 3.63) is 0 Å². The van der Waals surface area contributed by atoms with Gasteiger partial charge in [-0.1, -0.05) is 13.3 Å². The number of carbonyl (C=O) groups is 2. The first kappa shape index (κ1) is 15.0. The molecule has 1 fully saturated rings. The molecule has 0 aromatic heterocycles. The summed E-state index contributed by atoms with van der Waals surface area (Å²) < 4.78 is 0. The Balaban J connectivity index is 2.85. The Kier molecular flexibility index (Phi) is 5.14. The summed E-state index contributed by atoms with van der Waals surface area (Å²) in [4.78, 5) is 25.0. The quantitative estimate of drug-likeness (QED) is 0.772. The van der Waals surface area contributed by atoms with E-state index in [0.717, 1.165) is 38.8 Å². The zero-order valence-corrected chi connectivity index (χ0v) is 11.5. The third-order valence-electron chi connectivity index (χ3n) is 4.00. The molecular formula is C13H24N2O3. The number of carbonyl (C=O) groups excluding carboxylic acids is 1. The highest BCUT2D eigenvalue weighted by Crippen LogP contribution is 2.36. The Hall–Kier alpha value is -1.10. The van der Waals surface area contributed by atoms with E-state index in [1.54, 1.807) is 14.0 Å². The summed E-state index contributed by atoms with van der Waals surface area (Å²) in [5.74, 6) is -0.966. The van der Waals surface area contributed by atoms with Crippen molar-refractivity contribution >= 4 is 11.9 Å². The maximum Gasteiger partial charge on any atom is 0.326 e. The third kappa shape index (κ3) is 3.02. The second-order valence-corrected chi connectivity index (χ2v) is 5.21. The fourth-order valence-corrected chi connectivity index (χ4v) is 2.67. The summed E-state index contributed by atoms with van der Waals surface area (Å²) in [5, 5.41) is 12.3. The first-order valence-corrected chi connectivity index (χ1v) is 6.65. The monoisotopic (exact) mass is 256 g/mol. The van der Waals surface area contributed by atoms with Crippen molar-refractivity contribution < 1.29 is 14.7 Å². The van der Waals surface area contributed by atoms with Crippen LogP contribution in [0.1, 0.15) is 39.5 Å². The van der Waals surface area contributed by atoms with Gasteiger partial charge in [0.25, 0.3) is 0 Å². The summed E-state index contributed by atoms with van der Waals surface area (Å²) >= 11 is 0. The van der Waals surface area contributed by atoms with Crippen molar-refractivity contribution in [1.29, 1.82) is 0 Å². The molecule has 1 aliphatic rings. The molecule has 1 amide bonds. The number of piperidine rings is 1. The van der Waals surface area contributed by atoms with Gasteiger partial charge in [-0.2, -0.15) is 0 Å². The molecular weight excluding hydrogens is 232 g/mol. The number of carboxylic acids is 1. The third-order valence-corrected chi connectivity index (χ3v) is 4.00. The van der Waals surface area contributed by atoms with Gasteiger partial charge in [0.1, 0.15) is 6.04 Å². The number of aliphatic carboxylic acids is 1. The van der Waals surface area contributed by atoms with Gasteiger partial charge >= 0.3 is 5.97 Å². The van der Waals surface area contributed by atoms with Gasteiger partial charge in [0, 0.05) is 7.05 Å². The van der Waals surface area contributed by atoms with Gasteiger partial charge in [0.15, 0.2) is 0 Å². The molecule has 0 spiro atoms. The van der Waals surface area contributed by atoms with E-state index in [-0.39, 0.29) is 11.3 Å². The average Bonchev–Trinajstić information content (AvgIpc) is 2.37. The number of nitrogens with zero attached hydrogens (tertiary/aromatic N) is 1. The maximum absolute atomic E-state index is 12.6. The Morgan fingerprint density at radius 3 is 2.39 bits per heavy atom. The highest BCUT2D eigenvalue weighted by atomic mass is 16.4. The highest BCUT2D eigenvalue weighted by molar-refractivity contribution is 5.87. The fourth-order valence-electron chi connectivity index (χ4n) is 2.67. The van der Waals surface area contributed by atoms with Crippen LogP contribution < -0.4 is 5.32 Å². The van der Waals surface area contributed by atoms with Gasteiger partial charge in [-0.3, -0.25) is 4.79 Å². The first-order valence-electron chi connectivity index (χ1n) is 6.65. The van der Waals surface area contributed by atoms with E-state index in [4.69, 9.17) is 5.11 Å². The van der Waals surface area contributed by atoms with E-state index in [1.165, 1.54) is 4.90 Å². The van der Waals surface area contributed by atoms with E-state index in [1.807, 2.05) is 0 Å². The summed E-state index contributed by atoms with van der Waals surface area (Å²) in [6, 6.07) is -0.763. The molecule has 1 aliphatic heterocycles. The normalized spacial score (nSPS) is 20.2. The number of hydrogen-bond donors (Lipinski definition) is 2. The first-order chi connectivity index (χ1) is 8.44. The minimum atomic E-state index is -0.952. The standard InChI is InChI=1S/C13H24N2O3/c1-4-5-13(6-8-14-9-7-13)12(18)15(3)10(2)11(16)17/h10,14H,4-9H2,1-3H3,(H,16,17). The lowest BCUT2D eigenvalue weighted by Gasteiger charge is -2.40. The van der Waals surface area contributed by atoms with Gasteiger partial charge in [-0.15, -0.1) is 0 Å². The molecule has 5 heteroatoms. The largest absolute Gasteiger partial charge is 0.480 e. The second-order valence-electron chi connectivity index (χ2n) is 5.21. The van der Waals surface area contributed by atoms with Crippen LogP contribution in [0.4, 0.5) is 0 Å². The number of nitrogens with one attached hydrogen (secondary N) is 1. The van der Waals surface area contributed by atoms with Gasteiger partial charge in [-0.05, 0) is 39.3 Å². The molecule has 0 aromatic rings. The number of likely N-dealkylation sites (N-methyl/N-ethyl adjacent to an activating group) is 1. The molecule has 1 heterocycles. The minimum Gasteiger partial charge on any atom is -0.480 e. The average molecular weight is 256 g/mol. The van der Waals surface area contributed by atoms with Crippen molar-refractivity contribution in [2.24, 2.45) is 5.41 Å². The lowest BCUT2D eigenvalue weighted by atomic mass is 9.74. The van der Waals surface area contributed by atoms with Crippen LogP contribution in [0.5, 0.6) is 0 Å². The van der Waals surface area contributed by atoms with E-state index in [0.29, 0.717) is 0 Å². The molecule has 0 aromatic carbocycles. The van der Waals surface area contributed by atoms with E-state index < -0.39 is 12.0 Å². The van der Waals surface area contributed by atoms with Gasteiger partial charge < -0.3 is 15.3 Å². The lowest BCUT2D eigenvalue weighted by molar-refractivity contribution is -0.154. The van der Waals surface area contributed by atoms with Crippen LogP contribution in [-0.2, 0) is 9.59 Å². The molecule has 18 heavy (non-hydrogen) atoms. The SMILES string of the molecule is CCCC1(C(=O)N(C)C(C)C(=O)O)CCNCC1. The number of amides is 1. The topological polar surface area (TPSA) is 69.6 Å². The molecule has 1 saturated heterocycles. The zero-order chi connectivity index (χ0) is 13.8. The van der Waals surface area contributed by atoms with Gasteiger partial charge in [-0.25, -0.2) is 4.79 Å². The molecule has 5 nitrogen and oxygen atoms in total. The summed E-state index contributed by atoms with van der Waals surface area (Å²) in [6.07, 6.45) is 3.39. The van der Waals surface area contributed by atoms with Crippen LogP contribution in [0, 0.1) is 5.41 Å². The molecule has 0 radical (unpaired) electrons. The molecule has 1 unspecified atom stereocenters. The summed E-state index contributed by atoms with van der Waals surface area (Å²) in [7, 11) is 1.60. The number of hydrogen-bond acceptors (Lipinski definition) is 3. The van der Waals surface area contributed by atoms with Crippen molar-refractivity contribution in [1.82, 2.24) is 10.2 Å². The van der Waals surface area contributed by atoms with Crippen LogP contribution in [0.2, 0.25) is 0 Å². The fraction of sp³-hybridized carbons (Fsp3) is 0.846. The molecule has 0 aliphatic carbocycles. The van der Waals surface area contributed by atoms with Crippen molar-refractivity contribution in [3.8, 4) is 0 Å². The molecule has 0 saturated carbocycles. The maximum atomic E-state index is 12.6. The van der Waals surface area contributed by atoms with Crippen molar-refractivity contribution in [2.45, 2.75) is 45.6 Å².